The van der Waals surface area contributed by atoms with Gasteiger partial charge in [-0.15, -0.1) is 11.3 Å². The van der Waals surface area contributed by atoms with Crippen LogP contribution in [0, 0.1) is 23.0 Å². The maximum atomic E-state index is 16.3. The number of anilines is 2. The lowest BCUT2D eigenvalue weighted by Crippen LogP contribution is -2.51. The maximum absolute atomic E-state index is 16.3. The molecule has 7 nitrogen and oxygen atoms in total. The van der Waals surface area contributed by atoms with E-state index in [0.717, 1.165) is 37.3 Å². The van der Waals surface area contributed by atoms with Crippen molar-refractivity contribution in [3.05, 3.63) is 40.4 Å². The molecule has 6 rings (SSSR count). The minimum absolute atomic E-state index is 0.0190. The SMILES string of the molecule is COc1nc(N2CC3CCC(C2)N3)c2cc(Cl)c(-c3ccc(F)c4sc(N)c(C#N)c34)c(F)c2n1. The van der Waals surface area contributed by atoms with E-state index in [9.17, 15) is 9.65 Å². The number of methoxy groups -OCH3 is 1. The van der Waals surface area contributed by atoms with Crippen LogP contribution in [-0.2, 0) is 0 Å². The number of hydrogen-bond acceptors (Lipinski definition) is 8. The highest BCUT2D eigenvalue weighted by Gasteiger charge is 2.34. The maximum Gasteiger partial charge on any atom is 0.318 e. The van der Waals surface area contributed by atoms with Crippen LogP contribution in [0.3, 0.4) is 0 Å². The fraction of sp³-hybridized carbons (Fsp3) is 0.292. The van der Waals surface area contributed by atoms with Gasteiger partial charge in [0.15, 0.2) is 5.82 Å². The first-order chi connectivity index (χ1) is 16.9. The molecule has 2 unspecified atom stereocenters. The Morgan fingerprint density at radius 2 is 2.00 bits per heavy atom. The number of nitrogens with one attached hydrogen (secondary N) is 1. The Labute approximate surface area is 208 Å². The molecule has 2 atom stereocenters. The van der Waals surface area contributed by atoms with E-state index < -0.39 is 11.6 Å². The number of halogens is 3. The molecular formula is C24H19ClF2N6OS. The first-order valence-corrected chi connectivity index (χ1v) is 12.2. The fourth-order valence-corrected chi connectivity index (χ4v) is 6.46. The van der Waals surface area contributed by atoms with Gasteiger partial charge in [-0.05, 0) is 30.5 Å². The zero-order valence-electron chi connectivity index (χ0n) is 18.5. The third-order valence-corrected chi connectivity index (χ3v) is 8.07. The lowest BCUT2D eigenvalue weighted by atomic mass is 9.97. The van der Waals surface area contributed by atoms with Crippen molar-refractivity contribution in [3.8, 4) is 23.2 Å². The van der Waals surface area contributed by atoms with Gasteiger partial charge in [-0.25, -0.2) is 8.78 Å². The molecule has 2 aliphatic rings. The Hall–Kier alpha value is -3.26. The molecule has 11 heteroatoms. The highest BCUT2D eigenvalue weighted by Crippen LogP contribution is 2.45. The number of rotatable bonds is 3. The summed E-state index contributed by atoms with van der Waals surface area (Å²) in [5.74, 6) is -0.688. The summed E-state index contributed by atoms with van der Waals surface area (Å²) in [7, 11) is 1.43. The number of nitrogen functional groups attached to an aromatic ring is 1. The Balaban J connectivity index is 1.62. The fourth-order valence-electron chi connectivity index (χ4n) is 5.22. The minimum Gasteiger partial charge on any atom is -0.467 e. The smallest absolute Gasteiger partial charge is 0.318 e. The van der Waals surface area contributed by atoms with Crippen molar-refractivity contribution in [2.24, 2.45) is 0 Å². The molecule has 2 fully saturated rings. The van der Waals surface area contributed by atoms with Crippen LogP contribution < -0.4 is 20.7 Å². The Kier molecular flexibility index (Phi) is 5.18. The quantitative estimate of drug-likeness (QED) is 0.405. The molecule has 2 aromatic heterocycles. The van der Waals surface area contributed by atoms with Crippen LogP contribution in [0.1, 0.15) is 18.4 Å². The van der Waals surface area contributed by atoms with Crippen molar-refractivity contribution >= 4 is 54.7 Å². The molecule has 2 bridgehead atoms. The third-order valence-electron chi connectivity index (χ3n) is 6.74. The van der Waals surface area contributed by atoms with E-state index in [1.807, 2.05) is 6.07 Å². The number of nitrogens with two attached hydrogens (primary N) is 1. The number of benzene rings is 2. The average molecular weight is 513 g/mol. The molecule has 2 aliphatic heterocycles. The van der Waals surface area contributed by atoms with Crippen LogP contribution in [0.5, 0.6) is 6.01 Å². The Morgan fingerprint density at radius 3 is 2.69 bits per heavy atom. The summed E-state index contributed by atoms with van der Waals surface area (Å²) < 4.78 is 36.3. The predicted octanol–water partition coefficient (Wildman–Crippen LogP) is 4.85. The van der Waals surface area contributed by atoms with Crippen LogP contribution in [0.25, 0.3) is 32.1 Å². The molecule has 35 heavy (non-hydrogen) atoms. The molecule has 0 radical (unpaired) electrons. The molecule has 0 aliphatic carbocycles. The number of hydrogen-bond donors (Lipinski definition) is 2. The van der Waals surface area contributed by atoms with Crippen LogP contribution >= 0.6 is 22.9 Å². The summed E-state index contributed by atoms with van der Waals surface area (Å²) in [4.78, 5) is 11.0. The molecule has 4 aromatic rings. The average Bonchev–Trinajstić information content (AvgIpc) is 3.37. The zero-order valence-corrected chi connectivity index (χ0v) is 20.1. The van der Waals surface area contributed by atoms with E-state index in [0.29, 0.717) is 23.3 Å². The third kappa shape index (κ3) is 3.37. The van der Waals surface area contributed by atoms with Crippen molar-refractivity contribution in [2.45, 2.75) is 24.9 Å². The van der Waals surface area contributed by atoms with Crippen molar-refractivity contribution in [3.63, 3.8) is 0 Å². The van der Waals surface area contributed by atoms with E-state index in [1.54, 1.807) is 6.07 Å². The number of ether oxygens (including phenoxy) is 1. The summed E-state index contributed by atoms with van der Waals surface area (Å²) >= 11 is 7.62. The van der Waals surface area contributed by atoms with Gasteiger partial charge in [0, 0.05) is 41.5 Å². The molecule has 2 saturated heterocycles. The second-order valence-corrected chi connectivity index (χ2v) is 10.2. The minimum atomic E-state index is -0.700. The molecule has 4 heterocycles. The Morgan fingerprint density at radius 1 is 1.26 bits per heavy atom. The second kappa shape index (κ2) is 8.16. The van der Waals surface area contributed by atoms with E-state index in [-0.39, 0.29) is 48.3 Å². The normalized spacial score (nSPS) is 19.5. The van der Waals surface area contributed by atoms with Crippen LogP contribution in [0.2, 0.25) is 5.02 Å². The van der Waals surface area contributed by atoms with Gasteiger partial charge >= 0.3 is 6.01 Å². The van der Waals surface area contributed by atoms with Crippen molar-refractivity contribution in [1.82, 2.24) is 15.3 Å². The molecule has 2 aromatic carbocycles. The molecule has 0 spiro atoms. The van der Waals surface area contributed by atoms with Gasteiger partial charge in [0.1, 0.15) is 28.2 Å². The highest BCUT2D eigenvalue weighted by molar-refractivity contribution is 7.23. The van der Waals surface area contributed by atoms with Crippen LogP contribution in [0.15, 0.2) is 18.2 Å². The first kappa shape index (κ1) is 22.2. The number of fused-ring (bicyclic) bond motifs is 4. The lowest BCUT2D eigenvalue weighted by molar-refractivity contribution is 0.380. The number of aromatic nitrogens is 2. The number of thiophene rings is 1. The molecule has 3 N–H and O–H groups in total. The highest BCUT2D eigenvalue weighted by atomic mass is 35.5. The number of nitrogens with zero attached hydrogens (tertiary/aromatic N) is 4. The summed E-state index contributed by atoms with van der Waals surface area (Å²) in [5.41, 5.74) is 6.39. The van der Waals surface area contributed by atoms with Crippen molar-refractivity contribution in [1.29, 1.82) is 5.26 Å². The van der Waals surface area contributed by atoms with E-state index >= 15 is 4.39 Å². The summed E-state index contributed by atoms with van der Waals surface area (Å²) in [6, 6.07) is 6.98. The van der Waals surface area contributed by atoms with Gasteiger partial charge in [0.05, 0.1) is 22.4 Å². The summed E-state index contributed by atoms with van der Waals surface area (Å²) in [6.45, 7) is 1.45. The largest absolute Gasteiger partial charge is 0.467 e. The lowest BCUT2D eigenvalue weighted by Gasteiger charge is -2.34. The van der Waals surface area contributed by atoms with Gasteiger partial charge in [-0.3, -0.25) is 0 Å². The zero-order chi connectivity index (χ0) is 24.4. The molecule has 178 valence electrons. The van der Waals surface area contributed by atoms with Gasteiger partial charge in [-0.2, -0.15) is 15.2 Å². The monoisotopic (exact) mass is 512 g/mol. The van der Waals surface area contributed by atoms with Gasteiger partial charge in [-0.1, -0.05) is 17.7 Å². The molecule has 0 amide bonds. The first-order valence-electron chi connectivity index (χ1n) is 11.0. The predicted molar refractivity (Wildman–Crippen MR) is 133 cm³/mol. The van der Waals surface area contributed by atoms with E-state index in [2.05, 4.69) is 20.2 Å². The number of nitriles is 1. The number of piperazine rings is 1. The van der Waals surface area contributed by atoms with E-state index in [1.165, 1.54) is 19.2 Å². The van der Waals surface area contributed by atoms with Crippen molar-refractivity contribution < 1.29 is 13.5 Å². The van der Waals surface area contributed by atoms with Gasteiger partial charge in [0.25, 0.3) is 0 Å². The molecular weight excluding hydrogens is 494 g/mol. The van der Waals surface area contributed by atoms with Gasteiger partial charge < -0.3 is 20.7 Å². The van der Waals surface area contributed by atoms with Gasteiger partial charge in [0.2, 0.25) is 0 Å². The van der Waals surface area contributed by atoms with E-state index in [4.69, 9.17) is 22.1 Å². The summed E-state index contributed by atoms with van der Waals surface area (Å²) in [5, 5.41) is 14.2. The van der Waals surface area contributed by atoms with Crippen LogP contribution in [-0.4, -0.2) is 42.3 Å². The Bertz CT molecular complexity index is 1560. The second-order valence-electron chi connectivity index (χ2n) is 8.77. The molecule has 0 saturated carbocycles. The summed E-state index contributed by atoms with van der Waals surface area (Å²) in [6.07, 6.45) is 2.15. The standard InChI is InChI=1S/C24H19ClF2N6OS/c1-34-24-31-20-13(23(32-24)33-8-10-2-3-11(9-33)30-10)6-15(25)18(19(20)27)12-4-5-16(26)21-17(12)14(7-28)22(29)35-21/h4-6,10-11,30H,2-3,8-9,29H2,1H3. The topological polar surface area (TPSA) is 100 Å². The van der Waals surface area contributed by atoms with Crippen LogP contribution in [0.4, 0.5) is 19.6 Å². The van der Waals surface area contributed by atoms with Crippen molar-refractivity contribution in [2.75, 3.05) is 30.8 Å².